The van der Waals surface area contributed by atoms with Crippen LogP contribution in [0, 0.1) is 0 Å². The topological polar surface area (TPSA) is 49.5 Å². The highest BCUT2D eigenvalue weighted by Crippen LogP contribution is 2.22. The van der Waals surface area contributed by atoms with Gasteiger partial charge in [-0.15, -0.1) is 0 Å². The van der Waals surface area contributed by atoms with E-state index in [0.717, 1.165) is 31.5 Å². The van der Waals surface area contributed by atoms with Gasteiger partial charge in [-0.3, -0.25) is 4.90 Å². The average Bonchev–Trinajstić information content (AvgIpc) is 2.68. The normalized spacial score (nSPS) is 17.0. The van der Waals surface area contributed by atoms with E-state index < -0.39 is 6.10 Å². The molecule has 3 nitrogen and oxygen atoms in total. The predicted octanol–water partition coefficient (Wildman–Crippen LogP) is 2.75. The Hall–Kier alpha value is -1.84. The van der Waals surface area contributed by atoms with Gasteiger partial charge in [0, 0.05) is 18.8 Å². The van der Waals surface area contributed by atoms with Crippen molar-refractivity contribution in [2.24, 2.45) is 0 Å². The van der Waals surface area contributed by atoms with Gasteiger partial charge in [-0.2, -0.15) is 0 Å². The average molecular weight is 282 g/mol. The summed E-state index contributed by atoms with van der Waals surface area (Å²) < 4.78 is 0. The molecule has 1 atom stereocenters. The zero-order chi connectivity index (χ0) is 14.7. The lowest BCUT2D eigenvalue weighted by Crippen LogP contribution is -2.28. The first-order valence-electron chi connectivity index (χ1n) is 7.55. The van der Waals surface area contributed by atoms with Crippen molar-refractivity contribution in [2.45, 2.75) is 25.5 Å². The largest absolute Gasteiger partial charge is 0.399 e. The molecule has 1 unspecified atom stereocenters. The van der Waals surface area contributed by atoms with Crippen molar-refractivity contribution < 1.29 is 5.11 Å². The van der Waals surface area contributed by atoms with Crippen molar-refractivity contribution in [3.63, 3.8) is 0 Å². The fourth-order valence-corrected chi connectivity index (χ4v) is 3.04. The lowest BCUT2D eigenvalue weighted by molar-refractivity contribution is 0.110. The molecule has 0 fully saturated rings. The van der Waals surface area contributed by atoms with Crippen LogP contribution in [0.4, 0.5) is 5.69 Å². The number of rotatable bonds is 3. The van der Waals surface area contributed by atoms with Gasteiger partial charge < -0.3 is 10.8 Å². The number of hydrogen-bond donors (Lipinski definition) is 2. The molecule has 0 aromatic heterocycles. The highest BCUT2D eigenvalue weighted by Gasteiger charge is 2.17. The second kappa shape index (κ2) is 6.29. The number of benzene rings is 2. The Labute approximate surface area is 126 Å². The molecule has 21 heavy (non-hydrogen) atoms. The molecule has 0 radical (unpaired) electrons. The van der Waals surface area contributed by atoms with Gasteiger partial charge in [0.25, 0.3) is 0 Å². The number of aliphatic hydroxyl groups is 1. The second-order valence-corrected chi connectivity index (χ2v) is 5.79. The van der Waals surface area contributed by atoms with Crippen LogP contribution in [-0.2, 0) is 13.0 Å². The Balaban J connectivity index is 1.70. The standard InChI is InChI=1S/C18H22N2O/c19-17-9-3-7-15(11-17)18(21)13-20-10-4-8-14-5-1-2-6-16(14)12-20/h1-3,5-7,9,11,18,21H,4,8,10,12-13,19H2. The maximum Gasteiger partial charge on any atom is 0.0917 e. The van der Waals surface area contributed by atoms with Gasteiger partial charge in [0.1, 0.15) is 0 Å². The fourth-order valence-electron chi connectivity index (χ4n) is 3.04. The van der Waals surface area contributed by atoms with Crippen LogP contribution in [0.15, 0.2) is 48.5 Å². The third kappa shape index (κ3) is 3.43. The van der Waals surface area contributed by atoms with E-state index in [1.807, 2.05) is 24.3 Å². The minimum Gasteiger partial charge on any atom is -0.399 e. The SMILES string of the molecule is Nc1cccc(C(O)CN2CCCc3ccccc3C2)c1. The van der Waals surface area contributed by atoms with Crippen LogP contribution < -0.4 is 5.73 Å². The maximum atomic E-state index is 10.4. The van der Waals surface area contributed by atoms with Gasteiger partial charge in [-0.05, 0) is 48.2 Å². The van der Waals surface area contributed by atoms with Crippen molar-refractivity contribution in [2.75, 3.05) is 18.8 Å². The summed E-state index contributed by atoms with van der Waals surface area (Å²) in [4.78, 5) is 2.33. The van der Waals surface area contributed by atoms with E-state index in [1.165, 1.54) is 11.1 Å². The predicted molar refractivity (Wildman–Crippen MR) is 85.9 cm³/mol. The molecule has 0 spiro atoms. The minimum atomic E-state index is -0.487. The van der Waals surface area contributed by atoms with E-state index in [9.17, 15) is 5.11 Å². The van der Waals surface area contributed by atoms with Crippen molar-refractivity contribution >= 4 is 5.69 Å². The van der Waals surface area contributed by atoms with E-state index in [-0.39, 0.29) is 0 Å². The van der Waals surface area contributed by atoms with Gasteiger partial charge >= 0.3 is 0 Å². The number of nitrogen functional groups attached to an aromatic ring is 1. The molecule has 2 aromatic carbocycles. The quantitative estimate of drug-likeness (QED) is 0.851. The Kier molecular flexibility index (Phi) is 4.23. The van der Waals surface area contributed by atoms with Gasteiger partial charge in [-0.25, -0.2) is 0 Å². The third-order valence-corrected chi connectivity index (χ3v) is 4.16. The number of β-amino-alcohol motifs (C(OH)–C–C–N with tert-alkyl or cyclic N) is 1. The first-order valence-corrected chi connectivity index (χ1v) is 7.55. The summed E-state index contributed by atoms with van der Waals surface area (Å²) in [6.07, 6.45) is 1.78. The smallest absolute Gasteiger partial charge is 0.0917 e. The number of nitrogens with zero attached hydrogens (tertiary/aromatic N) is 1. The Morgan fingerprint density at radius 1 is 1.10 bits per heavy atom. The summed E-state index contributed by atoms with van der Waals surface area (Å²) >= 11 is 0. The Bertz CT molecular complexity index is 612. The zero-order valence-corrected chi connectivity index (χ0v) is 12.2. The number of fused-ring (bicyclic) bond motifs is 1. The van der Waals surface area contributed by atoms with Crippen molar-refractivity contribution in [3.8, 4) is 0 Å². The van der Waals surface area contributed by atoms with E-state index in [1.54, 1.807) is 0 Å². The minimum absolute atomic E-state index is 0.487. The van der Waals surface area contributed by atoms with Crippen molar-refractivity contribution in [1.82, 2.24) is 4.90 Å². The number of hydrogen-bond acceptors (Lipinski definition) is 3. The van der Waals surface area contributed by atoms with E-state index >= 15 is 0 Å². The highest BCUT2D eigenvalue weighted by atomic mass is 16.3. The molecule has 0 aliphatic carbocycles. The van der Waals surface area contributed by atoms with E-state index in [0.29, 0.717) is 12.2 Å². The van der Waals surface area contributed by atoms with Crippen LogP contribution in [-0.4, -0.2) is 23.1 Å². The molecule has 0 amide bonds. The molecule has 1 heterocycles. The molecule has 2 aromatic rings. The third-order valence-electron chi connectivity index (χ3n) is 4.16. The molecule has 3 rings (SSSR count). The monoisotopic (exact) mass is 282 g/mol. The van der Waals surface area contributed by atoms with Crippen LogP contribution in [0.2, 0.25) is 0 Å². The number of aliphatic hydroxyl groups excluding tert-OH is 1. The molecule has 1 aliphatic rings. The van der Waals surface area contributed by atoms with Crippen LogP contribution in [0.5, 0.6) is 0 Å². The van der Waals surface area contributed by atoms with E-state index in [4.69, 9.17) is 5.73 Å². The van der Waals surface area contributed by atoms with Crippen molar-refractivity contribution in [3.05, 3.63) is 65.2 Å². The van der Waals surface area contributed by atoms with Crippen LogP contribution >= 0.6 is 0 Å². The molecular formula is C18H22N2O. The molecule has 0 bridgehead atoms. The number of nitrogens with two attached hydrogens (primary N) is 1. The zero-order valence-electron chi connectivity index (χ0n) is 12.2. The van der Waals surface area contributed by atoms with Gasteiger partial charge in [0.05, 0.1) is 6.10 Å². The number of anilines is 1. The lowest BCUT2D eigenvalue weighted by Gasteiger charge is -2.24. The molecule has 0 saturated heterocycles. The fraction of sp³-hybridized carbons (Fsp3) is 0.333. The summed E-state index contributed by atoms with van der Waals surface area (Å²) in [5.74, 6) is 0. The highest BCUT2D eigenvalue weighted by molar-refractivity contribution is 5.41. The second-order valence-electron chi connectivity index (χ2n) is 5.79. The van der Waals surface area contributed by atoms with Gasteiger partial charge in [0.2, 0.25) is 0 Å². The summed E-state index contributed by atoms with van der Waals surface area (Å²) in [5.41, 5.74) is 10.2. The van der Waals surface area contributed by atoms with E-state index in [2.05, 4.69) is 29.2 Å². The molecule has 110 valence electrons. The molecule has 3 N–H and O–H groups in total. The molecule has 3 heteroatoms. The first kappa shape index (κ1) is 14.1. The molecule has 1 aliphatic heterocycles. The lowest BCUT2D eigenvalue weighted by atomic mass is 10.0. The molecular weight excluding hydrogens is 260 g/mol. The summed E-state index contributed by atoms with van der Waals surface area (Å²) in [6, 6.07) is 16.1. The van der Waals surface area contributed by atoms with Crippen LogP contribution in [0.25, 0.3) is 0 Å². The summed E-state index contributed by atoms with van der Waals surface area (Å²) in [7, 11) is 0. The maximum absolute atomic E-state index is 10.4. The first-order chi connectivity index (χ1) is 10.2. The van der Waals surface area contributed by atoms with Crippen LogP contribution in [0.3, 0.4) is 0 Å². The van der Waals surface area contributed by atoms with Gasteiger partial charge in [-0.1, -0.05) is 36.4 Å². The Morgan fingerprint density at radius 3 is 2.71 bits per heavy atom. The van der Waals surface area contributed by atoms with Gasteiger partial charge in [0.15, 0.2) is 0 Å². The summed E-state index contributed by atoms with van der Waals surface area (Å²) in [5, 5.41) is 10.4. The van der Waals surface area contributed by atoms with Crippen molar-refractivity contribution in [1.29, 1.82) is 0 Å². The Morgan fingerprint density at radius 2 is 1.90 bits per heavy atom. The summed E-state index contributed by atoms with van der Waals surface area (Å²) in [6.45, 7) is 2.58. The molecule has 0 saturated carbocycles. The van der Waals surface area contributed by atoms with Crippen LogP contribution in [0.1, 0.15) is 29.2 Å². The number of aryl methyl sites for hydroxylation is 1.